The number of hydrogen-bond donors (Lipinski definition) is 1. The minimum atomic E-state index is -0.833. The van der Waals surface area contributed by atoms with Crippen LogP contribution in [0, 0.1) is 0 Å². The number of nitrogens with zero attached hydrogens (tertiary/aromatic N) is 2. The topological polar surface area (TPSA) is 73.6 Å². The van der Waals surface area contributed by atoms with E-state index in [4.69, 9.17) is 19.2 Å². The molecule has 1 N–H and O–H groups in total. The summed E-state index contributed by atoms with van der Waals surface area (Å²) in [4.78, 5) is 9.00. The van der Waals surface area contributed by atoms with Gasteiger partial charge in [-0.3, -0.25) is 9.48 Å². The van der Waals surface area contributed by atoms with Crippen molar-refractivity contribution in [2.45, 2.75) is 65.7 Å². The normalized spacial score (nSPS) is 17.6. The minimum absolute atomic E-state index is 0. The van der Waals surface area contributed by atoms with Crippen LogP contribution in [0.15, 0.2) is 24.4 Å². The monoisotopic (exact) mass is 386 g/mol. The van der Waals surface area contributed by atoms with E-state index in [2.05, 4.69) is 64.8 Å². The van der Waals surface area contributed by atoms with Gasteiger partial charge < -0.3 is 14.4 Å². The molecule has 1 saturated heterocycles. The number of fused-ring (bicyclic) bond motifs is 1. The predicted octanol–water partition coefficient (Wildman–Crippen LogP) is 2.36. The molecule has 0 spiro atoms. The molecule has 1 aliphatic rings. The summed E-state index contributed by atoms with van der Waals surface area (Å²) in [5.41, 5.74) is 1.57. The third kappa shape index (κ3) is 5.19. The Morgan fingerprint density at radius 2 is 1.69 bits per heavy atom. The fourth-order valence-corrected chi connectivity index (χ4v) is 2.61. The Morgan fingerprint density at radius 1 is 1.19 bits per heavy atom. The molecule has 6 nitrogen and oxygen atoms in total. The first-order valence-electron chi connectivity index (χ1n) is 8.47. The first kappa shape index (κ1) is 23.8. The van der Waals surface area contributed by atoms with Crippen LogP contribution in [-0.4, -0.2) is 90.6 Å². The van der Waals surface area contributed by atoms with Crippen molar-refractivity contribution < 1.29 is 19.2 Å². The Labute approximate surface area is 198 Å². The van der Waals surface area contributed by atoms with Gasteiger partial charge in [-0.05, 0) is 53.1 Å². The van der Waals surface area contributed by atoms with E-state index >= 15 is 0 Å². The molecule has 8 heteroatoms. The number of carbonyl (C=O) groups is 1. The van der Waals surface area contributed by atoms with Crippen molar-refractivity contribution in [3.63, 3.8) is 0 Å². The third-order valence-electron chi connectivity index (χ3n) is 4.63. The van der Waals surface area contributed by atoms with Crippen molar-refractivity contribution in [1.82, 2.24) is 9.78 Å². The average Bonchev–Trinajstić information content (AvgIpc) is 2.96. The first-order valence-corrected chi connectivity index (χ1v) is 8.47. The summed E-state index contributed by atoms with van der Waals surface area (Å²) in [7, 11) is -0.318. The van der Waals surface area contributed by atoms with Crippen LogP contribution in [0.3, 0.4) is 0 Å². The Hall–Kier alpha value is -0.219. The van der Waals surface area contributed by atoms with Crippen LogP contribution in [0.5, 0.6) is 0 Å². The molecule has 1 aliphatic heterocycles. The van der Waals surface area contributed by atoms with Crippen molar-refractivity contribution in [1.29, 1.82) is 0 Å². The van der Waals surface area contributed by atoms with Gasteiger partial charge in [0.1, 0.15) is 0 Å². The molecule has 2 aromatic rings. The molecule has 0 aliphatic carbocycles. The maximum atomic E-state index is 9.00. The average molecular weight is 386 g/mol. The number of benzene rings is 1. The van der Waals surface area contributed by atoms with Gasteiger partial charge in [-0.25, -0.2) is 0 Å². The summed E-state index contributed by atoms with van der Waals surface area (Å²) < 4.78 is 14.2. The zero-order valence-corrected chi connectivity index (χ0v) is 16.0. The number of hydrogen-bond acceptors (Lipinski definition) is 4. The van der Waals surface area contributed by atoms with Crippen LogP contribution in [0.25, 0.3) is 10.9 Å². The number of rotatable bonds is 2. The second kappa shape index (κ2) is 8.86. The van der Waals surface area contributed by atoms with Crippen LogP contribution in [0.1, 0.15) is 54.5 Å². The van der Waals surface area contributed by atoms with Gasteiger partial charge in [0, 0.05) is 18.4 Å². The van der Waals surface area contributed by atoms with E-state index in [9.17, 15) is 0 Å². The van der Waals surface area contributed by atoms with Crippen LogP contribution in [0.4, 0.5) is 0 Å². The zero-order valence-electron chi connectivity index (χ0n) is 16.0. The van der Waals surface area contributed by atoms with Crippen molar-refractivity contribution in [3.8, 4) is 0 Å². The van der Waals surface area contributed by atoms with Gasteiger partial charge in [0.2, 0.25) is 0 Å². The fraction of sp³-hybridized carbons (Fsp3) is 0.556. The Bertz CT molecular complexity index is 754. The van der Waals surface area contributed by atoms with Crippen LogP contribution >= 0.6 is 0 Å². The van der Waals surface area contributed by atoms with E-state index in [0.29, 0.717) is 6.04 Å². The van der Waals surface area contributed by atoms with Gasteiger partial charge in [-0.1, -0.05) is 12.1 Å². The molecule has 1 aromatic carbocycles. The number of aromatic nitrogens is 2. The van der Waals surface area contributed by atoms with Crippen molar-refractivity contribution in [2.75, 3.05) is 0 Å². The molecule has 1 aromatic heterocycles. The Morgan fingerprint density at radius 3 is 2.15 bits per heavy atom. The van der Waals surface area contributed by atoms with Gasteiger partial charge in [-0.2, -0.15) is 5.10 Å². The Kier molecular flexibility index (Phi) is 8.11. The summed E-state index contributed by atoms with van der Waals surface area (Å²) in [5, 5.41) is 13.0. The van der Waals surface area contributed by atoms with Crippen LogP contribution < -0.4 is 5.46 Å². The standard InChI is InChI=1S/C16H23BN2O2.C2H4O2.K.H/c1-11(2)19-14-8-7-13(9-12(14)10-18-19)17-20-15(3,4)16(5,6)21-17;1-2(3)4;;/h7-11H,1-6H3;1H3,(H,3,4);;. The molecule has 1 fully saturated rings. The van der Waals surface area contributed by atoms with E-state index in [1.807, 2.05) is 10.9 Å². The zero-order chi connectivity index (χ0) is 19.0. The molecule has 3 rings (SSSR count). The van der Waals surface area contributed by atoms with Gasteiger partial charge in [-0.15, -0.1) is 0 Å². The number of carboxylic acid groups (broad SMARTS) is 1. The summed E-state index contributed by atoms with van der Waals surface area (Å²) in [6.45, 7) is 13.6. The second-order valence-corrected chi connectivity index (χ2v) is 7.61. The third-order valence-corrected chi connectivity index (χ3v) is 4.63. The quantitative estimate of drug-likeness (QED) is 0.803. The van der Waals surface area contributed by atoms with Crippen molar-refractivity contribution in [2.24, 2.45) is 0 Å². The molecule has 0 atom stereocenters. The second-order valence-electron chi connectivity index (χ2n) is 7.61. The molecule has 26 heavy (non-hydrogen) atoms. The van der Waals surface area contributed by atoms with E-state index < -0.39 is 5.97 Å². The van der Waals surface area contributed by atoms with Gasteiger partial charge in [0.15, 0.2) is 0 Å². The molecule has 0 unspecified atom stereocenters. The number of carboxylic acids is 1. The van der Waals surface area contributed by atoms with E-state index in [1.54, 1.807) is 0 Å². The fourth-order valence-electron chi connectivity index (χ4n) is 2.61. The van der Waals surface area contributed by atoms with Crippen molar-refractivity contribution >= 4 is 80.8 Å². The van der Waals surface area contributed by atoms with Crippen LogP contribution in [0.2, 0.25) is 0 Å². The molecular formula is C18H28BKN2O4. The summed E-state index contributed by atoms with van der Waals surface area (Å²) in [6.07, 6.45) is 1.91. The molecule has 0 saturated carbocycles. The molecular weight excluding hydrogens is 358 g/mol. The number of aliphatic carboxylic acids is 1. The SMILES string of the molecule is CC(=O)O.CC(C)n1ncc2cc(B3OC(C)(C)C(C)(C)O3)ccc21.[KH]. The van der Waals surface area contributed by atoms with E-state index in [0.717, 1.165) is 23.3 Å². The molecule has 0 radical (unpaired) electrons. The van der Waals surface area contributed by atoms with Gasteiger partial charge in [0.05, 0.1) is 22.9 Å². The molecule has 2 heterocycles. The van der Waals surface area contributed by atoms with Crippen molar-refractivity contribution in [3.05, 3.63) is 24.4 Å². The summed E-state index contributed by atoms with van der Waals surface area (Å²) in [6, 6.07) is 6.64. The molecule has 0 bridgehead atoms. The summed E-state index contributed by atoms with van der Waals surface area (Å²) >= 11 is 0. The van der Waals surface area contributed by atoms with Gasteiger partial charge >= 0.3 is 58.5 Å². The molecule has 138 valence electrons. The first-order chi connectivity index (χ1) is 11.4. The predicted molar refractivity (Wildman–Crippen MR) is 106 cm³/mol. The maximum absolute atomic E-state index is 9.00. The summed E-state index contributed by atoms with van der Waals surface area (Å²) in [5.74, 6) is -0.833. The molecule has 0 amide bonds. The Balaban J connectivity index is 0.000000616. The van der Waals surface area contributed by atoms with E-state index in [-0.39, 0.29) is 69.7 Å². The van der Waals surface area contributed by atoms with Gasteiger partial charge in [0.25, 0.3) is 5.97 Å². The van der Waals surface area contributed by atoms with Crippen LogP contribution in [-0.2, 0) is 14.1 Å². The van der Waals surface area contributed by atoms with E-state index in [1.165, 1.54) is 0 Å².